The summed E-state index contributed by atoms with van der Waals surface area (Å²) in [5.41, 5.74) is 0.287. The summed E-state index contributed by atoms with van der Waals surface area (Å²) in [6, 6.07) is -0.683. The number of carbonyl (C=O) groups excluding carboxylic acids is 2. The summed E-state index contributed by atoms with van der Waals surface area (Å²) in [6.07, 6.45) is 11.6. The normalized spacial score (nSPS) is 40.1. The Morgan fingerprint density at radius 2 is 1.68 bits per heavy atom. The fourth-order valence-corrected chi connectivity index (χ4v) is 13.0. The van der Waals surface area contributed by atoms with Crippen LogP contribution in [0.4, 0.5) is 0 Å². The fraction of sp³-hybridized carbons (Fsp3) is 0.932. The zero-order valence-electron chi connectivity index (χ0n) is 35.5. The Balaban J connectivity index is 1.16. The number of ether oxygens (including phenoxy) is 1. The van der Waals surface area contributed by atoms with E-state index >= 15 is 0 Å². The number of nitrogens with zero attached hydrogens (tertiary/aromatic N) is 2. The molecule has 2 bridgehead atoms. The van der Waals surface area contributed by atoms with Gasteiger partial charge in [0.1, 0.15) is 12.1 Å². The molecule has 56 heavy (non-hydrogen) atoms. The lowest BCUT2D eigenvalue weighted by atomic mass is 9.45. The van der Waals surface area contributed by atoms with E-state index in [0.717, 1.165) is 38.6 Å². The number of rotatable bonds is 15. The number of carboxylic acids is 1. The van der Waals surface area contributed by atoms with Crippen molar-refractivity contribution < 1.29 is 39.3 Å². The van der Waals surface area contributed by atoms with Crippen LogP contribution >= 0.6 is 0 Å². The number of aliphatic hydroxyl groups excluding tert-OH is 2. The van der Waals surface area contributed by atoms with E-state index in [1.807, 2.05) is 14.1 Å². The minimum atomic E-state index is -0.875. The number of carboxylic acid groups (broad SMARTS) is 1. The van der Waals surface area contributed by atoms with Gasteiger partial charge < -0.3 is 35.6 Å². The van der Waals surface area contributed by atoms with Gasteiger partial charge in [0, 0.05) is 50.0 Å². The first-order chi connectivity index (χ1) is 26.6. The minimum Gasteiger partial charge on any atom is -0.481 e. The lowest BCUT2D eigenvalue weighted by Crippen LogP contribution is -2.62. The summed E-state index contributed by atoms with van der Waals surface area (Å²) in [6.45, 7) is 9.44. The van der Waals surface area contributed by atoms with Crippen molar-refractivity contribution in [2.45, 2.75) is 154 Å². The lowest BCUT2D eigenvalue weighted by Gasteiger charge is -2.62. The highest BCUT2D eigenvalue weighted by molar-refractivity contribution is 5.83. The predicted octanol–water partition coefficient (Wildman–Crippen LogP) is 4.71. The van der Waals surface area contributed by atoms with E-state index in [2.05, 4.69) is 36.3 Å². The van der Waals surface area contributed by atoms with Gasteiger partial charge in [-0.15, -0.1) is 0 Å². The van der Waals surface area contributed by atoms with Crippen LogP contribution in [0.3, 0.4) is 0 Å². The number of amides is 2. The summed E-state index contributed by atoms with van der Waals surface area (Å²) in [5.74, 6) is -0.480. The first-order valence-electron chi connectivity index (χ1n) is 22.4. The maximum absolute atomic E-state index is 14.3. The second kappa shape index (κ2) is 18.6. The average Bonchev–Trinajstić information content (AvgIpc) is 3.53. The highest BCUT2D eigenvalue weighted by Gasteiger charge is 2.58. The van der Waals surface area contributed by atoms with E-state index in [1.54, 1.807) is 19.1 Å². The minimum absolute atomic E-state index is 0.00328. The molecule has 6 saturated carbocycles. The third kappa shape index (κ3) is 9.46. The van der Waals surface area contributed by atoms with Gasteiger partial charge in [-0.1, -0.05) is 59.3 Å². The first kappa shape index (κ1) is 43.7. The molecule has 2 amide bonds. The quantitative estimate of drug-likeness (QED) is 0.157. The van der Waals surface area contributed by atoms with Gasteiger partial charge in [0.05, 0.1) is 24.7 Å². The van der Waals surface area contributed by atoms with E-state index in [1.165, 1.54) is 38.5 Å². The van der Waals surface area contributed by atoms with Crippen molar-refractivity contribution in [2.24, 2.45) is 64.6 Å². The van der Waals surface area contributed by atoms with E-state index in [4.69, 9.17) is 9.57 Å². The van der Waals surface area contributed by atoms with Gasteiger partial charge in [-0.3, -0.25) is 19.2 Å². The number of likely N-dealkylation sites (N-methyl/N-ethyl adjacent to an activating group) is 1. The van der Waals surface area contributed by atoms with Crippen molar-refractivity contribution >= 4 is 17.8 Å². The second-order valence-corrected chi connectivity index (χ2v) is 20.2. The molecule has 320 valence electrons. The maximum atomic E-state index is 14.3. The maximum Gasteiger partial charge on any atom is 0.306 e. The molecule has 1 heterocycles. The number of methoxy groups -OCH3 is 1. The molecule has 7 rings (SSSR count). The van der Waals surface area contributed by atoms with Crippen molar-refractivity contribution in [2.75, 3.05) is 40.9 Å². The van der Waals surface area contributed by atoms with Crippen LogP contribution in [-0.4, -0.2) is 120 Å². The summed E-state index contributed by atoms with van der Waals surface area (Å²) in [4.78, 5) is 49.5. The highest BCUT2D eigenvalue weighted by atomic mass is 16.7. The molecule has 0 aromatic heterocycles. The van der Waals surface area contributed by atoms with Gasteiger partial charge in [-0.05, 0) is 113 Å². The zero-order valence-corrected chi connectivity index (χ0v) is 35.5. The van der Waals surface area contributed by atoms with Crippen molar-refractivity contribution in [1.82, 2.24) is 20.6 Å². The number of hydroxylamine groups is 2. The molecular weight excluding hydrogens is 713 g/mol. The number of carbonyl (C=O) groups is 3. The number of hydrogen-bond acceptors (Lipinski definition) is 9. The van der Waals surface area contributed by atoms with Gasteiger partial charge in [-0.25, -0.2) is 0 Å². The van der Waals surface area contributed by atoms with E-state index in [9.17, 15) is 29.7 Å². The molecule has 15 atom stereocenters. The number of fused-ring (bicyclic) bond motifs is 2. The molecule has 7 aliphatic rings. The van der Waals surface area contributed by atoms with Gasteiger partial charge in [-0.2, -0.15) is 5.06 Å². The third-order valence-electron chi connectivity index (χ3n) is 16.1. The van der Waals surface area contributed by atoms with Crippen molar-refractivity contribution in [3.63, 3.8) is 0 Å². The molecule has 6 aliphatic carbocycles. The summed E-state index contributed by atoms with van der Waals surface area (Å²) >= 11 is 0. The molecule has 12 nitrogen and oxygen atoms in total. The molecule has 5 N–H and O–H groups in total. The second-order valence-electron chi connectivity index (χ2n) is 20.2. The number of aliphatic carboxylic acids is 1. The van der Waals surface area contributed by atoms with Crippen LogP contribution in [0, 0.1) is 64.6 Å². The van der Waals surface area contributed by atoms with Gasteiger partial charge in [0.2, 0.25) is 11.8 Å². The molecule has 0 aromatic carbocycles. The van der Waals surface area contributed by atoms with Gasteiger partial charge in [0.25, 0.3) is 0 Å². The van der Waals surface area contributed by atoms with Crippen LogP contribution in [0.5, 0.6) is 0 Å². The van der Waals surface area contributed by atoms with Crippen molar-refractivity contribution in [1.29, 1.82) is 0 Å². The van der Waals surface area contributed by atoms with Gasteiger partial charge in [0.15, 0.2) is 0 Å². The molecule has 1 aliphatic heterocycles. The predicted molar refractivity (Wildman–Crippen MR) is 214 cm³/mol. The zero-order chi connectivity index (χ0) is 40.5. The van der Waals surface area contributed by atoms with Crippen LogP contribution in [0.1, 0.15) is 118 Å². The van der Waals surface area contributed by atoms with E-state index in [-0.39, 0.29) is 65.7 Å². The van der Waals surface area contributed by atoms with Crippen LogP contribution in [0.25, 0.3) is 0 Å². The molecule has 12 heteroatoms. The van der Waals surface area contributed by atoms with Gasteiger partial charge >= 0.3 is 5.97 Å². The summed E-state index contributed by atoms with van der Waals surface area (Å²) in [7, 11) is 5.80. The molecule has 0 spiro atoms. The number of hydrogen-bond donors (Lipinski definition) is 5. The Bertz CT molecular complexity index is 1340. The SMILES string of the molecule is COC1C(CN2O[C@@H](CO)[C@H]([C@H](C)O)[C@H]2C(=O)N[C@H]2C[C@H]3C[C@@H]([C@@H]2C)C3(C)C)CCCC1C1CC(C(=O)O)CC(C(=O)N[C@@H](CC2CCCCC2)CN(C)C)C1. The molecule has 0 radical (unpaired) electrons. The molecule has 6 unspecified atom stereocenters. The Morgan fingerprint density at radius 3 is 2.29 bits per heavy atom. The standard InChI is InChI=1S/C44H76N4O8/c1-25-35-20-32(44(35,3)4)21-36(25)46-42(52)39-38(26(2)50)37(24-49)56-48(39)22-28-14-11-15-34(40(28)55-7)29-17-30(19-31(18-29)43(53)54)41(51)45-33(23-47(5)6)16-27-12-9-8-10-13-27/h25-40,49-50H,8-24H2,1-7H3,(H,45,51)(H,46,52)(H,53,54)/t25-,26-,28?,29?,30?,31?,32+,33-,34?,35-,36-,37-,38-,39-,40?/m0/s1. The monoisotopic (exact) mass is 789 g/mol. The smallest absolute Gasteiger partial charge is 0.306 e. The topological polar surface area (TPSA) is 161 Å². The number of nitrogens with one attached hydrogen (secondary N) is 2. The largest absolute Gasteiger partial charge is 0.481 e. The molecule has 0 aromatic rings. The third-order valence-corrected chi connectivity index (χ3v) is 16.1. The first-order valence-corrected chi connectivity index (χ1v) is 22.4. The Labute approximate surface area is 336 Å². The Morgan fingerprint density at radius 1 is 0.964 bits per heavy atom. The van der Waals surface area contributed by atoms with E-state index < -0.39 is 36.1 Å². The molecule has 7 fully saturated rings. The van der Waals surface area contributed by atoms with Crippen LogP contribution in [-0.2, 0) is 24.0 Å². The summed E-state index contributed by atoms with van der Waals surface area (Å²) in [5, 5.41) is 40.2. The fourth-order valence-electron chi connectivity index (χ4n) is 13.0. The lowest BCUT2D eigenvalue weighted by molar-refractivity contribution is -0.193. The van der Waals surface area contributed by atoms with E-state index in [0.29, 0.717) is 49.5 Å². The van der Waals surface area contributed by atoms with Crippen LogP contribution in [0.15, 0.2) is 0 Å². The van der Waals surface area contributed by atoms with Crippen LogP contribution < -0.4 is 10.6 Å². The summed E-state index contributed by atoms with van der Waals surface area (Å²) < 4.78 is 6.32. The van der Waals surface area contributed by atoms with Crippen LogP contribution in [0.2, 0.25) is 0 Å². The highest BCUT2D eigenvalue weighted by Crippen LogP contribution is 2.61. The molecular formula is C44H76N4O8. The van der Waals surface area contributed by atoms with Crippen molar-refractivity contribution in [3.8, 4) is 0 Å². The average molecular weight is 789 g/mol. The molecule has 1 saturated heterocycles. The van der Waals surface area contributed by atoms with Crippen molar-refractivity contribution in [3.05, 3.63) is 0 Å². The Hall–Kier alpha value is -1.83. The number of aliphatic hydroxyl groups is 2. The Kier molecular flexibility index (Phi) is 14.5.